The topological polar surface area (TPSA) is 65.3 Å². The van der Waals surface area contributed by atoms with E-state index in [-0.39, 0.29) is 24.9 Å². The average Bonchev–Trinajstić information content (AvgIpc) is 3.36. The number of benzene rings is 2. The Morgan fingerprint density at radius 2 is 1.40 bits per heavy atom. The number of carbonyl (C=O) groups excluding carboxylic acids is 2. The van der Waals surface area contributed by atoms with Gasteiger partial charge in [-0.2, -0.15) is 4.58 Å². The first-order valence-electron chi connectivity index (χ1n) is 15.6. The van der Waals surface area contributed by atoms with Crippen LogP contribution in [0.15, 0.2) is 60.3 Å². The van der Waals surface area contributed by atoms with Gasteiger partial charge in [-0.1, -0.05) is 43.1 Å². The third-order valence-corrected chi connectivity index (χ3v) is 10.0. The first-order chi connectivity index (χ1) is 21.5. The molecule has 0 aliphatic carbocycles. The zero-order valence-electron chi connectivity index (χ0n) is 26.4. The number of anilines is 1. The maximum absolute atomic E-state index is 13.5. The molecular weight excluding hydrogens is 611 g/mol. The summed E-state index contributed by atoms with van der Waals surface area (Å²) in [6.07, 6.45) is 6.25. The molecule has 0 spiro atoms. The highest BCUT2D eigenvalue weighted by molar-refractivity contribution is 6.31. The molecule has 2 aromatic carbocycles. The van der Waals surface area contributed by atoms with Crippen molar-refractivity contribution in [1.29, 1.82) is 0 Å². The van der Waals surface area contributed by atoms with Crippen LogP contribution in [0.4, 0.5) is 11.4 Å². The first-order valence-corrected chi connectivity index (χ1v) is 16.4. The molecule has 10 heteroatoms. The SMILES string of the molecule is CC1(C)C(/C=C/C=C2/N(CC(=O)N3CCOCC3)c3ccc(Cl)cc3C2(C)C)=[N+](CC(=O)N2CCOCC2)c2ccc(Cl)cc21. The summed E-state index contributed by atoms with van der Waals surface area (Å²) < 4.78 is 13.1. The van der Waals surface area contributed by atoms with Crippen LogP contribution in [0.5, 0.6) is 0 Å². The molecule has 238 valence electrons. The highest BCUT2D eigenvalue weighted by Gasteiger charge is 2.46. The minimum Gasteiger partial charge on any atom is -0.378 e. The lowest BCUT2D eigenvalue weighted by Crippen LogP contribution is -2.45. The van der Waals surface area contributed by atoms with Gasteiger partial charge in [-0.15, -0.1) is 0 Å². The first kappa shape index (κ1) is 31.8. The zero-order chi connectivity index (χ0) is 31.9. The van der Waals surface area contributed by atoms with Crippen LogP contribution in [0.1, 0.15) is 38.8 Å². The molecule has 0 unspecified atom stereocenters. The summed E-state index contributed by atoms with van der Waals surface area (Å²) >= 11 is 12.9. The molecule has 2 fully saturated rings. The maximum atomic E-state index is 13.5. The van der Waals surface area contributed by atoms with Crippen molar-refractivity contribution in [2.24, 2.45) is 0 Å². The van der Waals surface area contributed by atoms with Crippen LogP contribution in [0, 0.1) is 0 Å². The van der Waals surface area contributed by atoms with Crippen LogP contribution in [0.3, 0.4) is 0 Å². The Hall–Kier alpha value is -3.17. The van der Waals surface area contributed by atoms with Gasteiger partial charge in [0.25, 0.3) is 5.91 Å². The Labute approximate surface area is 275 Å². The van der Waals surface area contributed by atoms with E-state index in [1.54, 1.807) is 0 Å². The Kier molecular flexibility index (Phi) is 8.87. The van der Waals surface area contributed by atoms with Gasteiger partial charge in [0.05, 0.1) is 31.8 Å². The lowest BCUT2D eigenvalue weighted by Gasteiger charge is -2.31. The molecule has 2 saturated heterocycles. The fraction of sp³-hybridized carbons (Fsp3) is 0.457. The summed E-state index contributed by atoms with van der Waals surface area (Å²) in [7, 11) is 0. The fourth-order valence-electron chi connectivity index (χ4n) is 6.96. The van der Waals surface area contributed by atoms with Crippen LogP contribution in [0.25, 0.3) is 0 Å². The lowest BCUT2D eigenvalue weighted by molar-refractivity contribution is -0.426. The monoisotopic (exact) mass is 651 g/mol. The van der Waals surface area contributed by atoms with Crippen molar-refractivity contribution in [2.45, 2.75) is 38.5 Å². The predicted octanol–water partition coefficient (Wildman–Crippen LogP) is 5.33. The highest BCUT2D eigenvalue weighted by Crippen LogP contribution is 2.48. The molecule has 2 amide bonds. The number of allylic oxidation sites excluding steroid dienone is 4. The Balaban J connectivity index is 1.37. The van der Waals surface area contributed by atoms with Crippen molar-refractivity contribution in [1.82, 2.24) is 9.80 Å². The molecule has 45 heavy (non-hydrogen) atoms. The number of amides is 2. The van der Waals surface area contributed by atoms with Crippen LogP contribution >= 0.6 is 23.2 Å². The molecule has 4 aliphatic heterocycles. The van der Waals surface area contributed by atoms with Gasteiger partial charge < -0.3 is 24.2 Å². The summed E-state index contributed by atoms with van der Waals surface area (Å²) in [6.45, 7) is 13.7. The molecule has 4 aliphatic rings. The molecule has 6 rings (SSSR count). The van der Waals surface area contributed by atoms with E-state index in [9.17, 15) is 9.59 Å². The summed E-state index contributed by atoms with van der Waals surface area (Å²) in [6, 6.07) is 11.8. The van der Waals surface area contributed by atoms with Crippen molar-refractivity contribution in [2.75, 3.05) is 70.6 Å². The molecule has 4 heterocycles. The van der Waals surface area contributed by atoms with Crippen molar-refractivity contribution in [3.8, 4) is 0 Å². The summed E-state index contributed by atoms with van der Waals surface area (Å²) in [5.41, 5.74) is 5.35. The van der Waals surface area contributed by atoms with E-state index in [0.29, 0.717) is 62.7 Å². The molecule has 0 atom stereocenters. The largest absolute Gasteiger partial charge is 0.378 e. The second-order valence-corrected chi connectivity index (χ2v) is 13.9. The maximum Gasteiger partial charge on any atom is 0.288 e. The number of carbonyl (C=O) groups is 2. The summed E-state index contributed by atoms with van der Waals surface area (Å²) in [5.74, 6) is 0.136. The van der Waals surface area contributed by atoms with E-state index in [4.69, 9.17) is 32.7 Å². The molecular formula is C35H41Cl2N4O4+. The molecule has 0 N–H and O–H groups in total. The van der Waals surface area contributed by atoms with Crippen LogP contribution in [0.2, 0.25) is 10.0 Å². The van der Waals surface area contributed by atoms with E-state index in [1.807, 2.05) is 52.3 Å². The van der Waals surface area contributed by atoms with E-state index in [1.165, 1.54) is 0 Å². The third kappa shape index (κ3) is 6.06. The number of rotatable bonds is 6. The number of hydrogen-bond acceptors (Lipinski definition) is 5. The molecule has 8 nitrogen and oxygen atoms in total. The summed E-state index contributed by atoms with van der Waals surface area (Å²) in [4.78, 5) is 32.8. The van der Waals surface area contributed by atoms with Gasteiger partial charge >= 0.3 is 0 Å². The Morgan fingerprint density at radius 1 is 0.822 bits per heavy atom. The Morgan fingerprint density at radius 3 is 2.04 bits per heavy atom. The van der Waals surface area contributed by atoms with Crippen LogP contribution in [-0.2, 0) is 29.9 Å². The van der Waals surface area contributed by atoms with Crippen molar-refractivity contribution in [3.05, 3.63) is 81.5 Å². The molecule has 0 aromatic heterocycles. The van der Waals surface area contributed by atoms with E-state index >= 15 is 0 Å². The number of nitrogens with zero attached hydrogens (tertiary/aromatic N) is 4. The molecule has 2 aromatic rings. The van der Waals surface area contributed by atoms with Crippen LogP contribution in [-0.4, -0.2) is 97.6 Å². The second kappa shape index (κ2) is 12.6. The molecule has 0 radical (unpaired) electrons. The van der Waals surface area contributed by atoms with E-state index in [0.717, 1.165) is 33.9 Å². The van der Waals surface area contributed by atoms with Gasteiger partial charge in [0.2, 0.25) is 18.1 Å². The van der Waals surface area contributed by atoms with Gasteiger partial charge in [0, 0.05) is 70.7 Å². The Bertz CT molecular complexity index is 1600. The van der Waals surface area contributed by atoms with Gasteiger partial charge in [-0.05, 0) is 55.8 Å². The summed E-state index contributed by atoms with van der Waals surface area (Å²) in [5, 5.41) is 1.33. The number of morpholine rings is 2. The predicted molar refractivity (Wildman–Crippen MR) is 178 cm³/mol. The normalized spacial score (nSPS) is 21.6. The fourth-order valence-corrected chi connectivity index (χ4v) is 7.31. The minimum absolute atomic E-state index is 0.0678. The molecule has 0 saturated carbocycles. The number of halogens is 2. The standard InChI is InChI=1S/C35H41Cl2N4O4/c1-34(2)26-20-24(36)8-10-28(26)40(22-32(42)38-12-16-44-17-13-38)30(34)6-5-7-31-35(3,4)27-21-25(37)9-11-29(27)41(31)23-33(43)39-14-18-45-19-15-39/h5-11,20-21H,12-19,22-23H2,1-4H3/q+1. The minimum atomic E-state index is -0.395. The number of fused-ring (bicyclic) bond motifs is 2. The van der Waals surface area contributed by atoms with Crippen molar-refractivity contribution in [3.63, 3.8) is 0 Å². The van der Waals surface area contributed by atoms with Crippen molar-refractivity contribution >= 4 is 52.1 Å². The third-order valence-electron chi connectivity index (χ3n) is 9.53. The van der Waals surface area contributed by atoms with E-state index in [2.05, 4.69) is 49.3 Å². The van der Waals surface area contributed by atoms with E-state index < -0.39 is 10.8 Å². The quantitative estimate of drug-likeness (QED) is 0.396. The molecule has 0 bridgehead atoms. The van der Waals surface area contributed by atoms with Crippen molar-refractivity contribution < 1.29 is 23.6 Å². The smallest absolute Gasteiger partial charge is 0.288 e. The van der Waals surface area contributed by atoms with Gasteiger partial charge in [0.1, 0.15) is 6.54 Å². The van der Waals surface area contributed by atoms with Gasteiger partial charge in [0.15, 0.2) is 5.71 Å². The number of ether oxygens (including phenoxy) is 2. The van der Waals surface area contributed by atoms with Gasteiger partial charge in [-0.25, -0.2) is 0 Å². The second-order valence-electron chi connectivity index (χ2n) is 13.0. The number of hydrogen-bond donors (Lipinski definition) is 0. The van der Waals surface area contributed by atoms with Crippen LogP contribution < -0.4 is 4.90 Å². The lowest BCUT2D eigenvalue weighted by atomic mass is 9.81. The average molecular weight is 653 g/mol. The zero-order valence-corrected chi connectivity index (χ0v) is 28.0. The highest BCUT2D eigenvalue weighted by atomic mass is 35.5. The van der Waals surface area contributed by atoms with Gasteiger partial charge in [-0.3, -0.25) is 9.59 Å².